The number of fused-ring (bicyclic) bond motifs is 1. The summed E-state index contributed by atoms with van der Waals surface area (Å²) in [7, 11) is 1.52. The van der Waals surface area contributed by atoms with Crippen molar-refractivity contribution in [3.8, 4) is 5.88 Å². The molecule has 0 aliphatic heterocycles. The number of nitrogens with zero attached hydrogens (tertiary/aromatic N) is 1. The zero-order chi connectivity index (χ0) is 16.9. The van der Waals surface area contributed by atoms with Gasteiger partial charge in [0.1, 0.15) is 11.3 Å². The maximum atomic E-state index is 12.5. The number of hydrogen-bond donors (Lipinski definition) is 2. The van der Waals surface area contributed by atoms with Gasteiger partial charge in [0, 0.05) is 31.2 Å². The van der Waals surface area contributed by atoms with E-state index in [4.69, 9.17) is 9.15 Å². The van der Waals surface area contributed by atoms with Crippen LogP contribution < -0.4 is 10.1 Å². The topological polar surface area (TPSA) is 84.6 Å². The third kappa shape index (κ3) is 3.59. The van der Waals surface area contributed by atoms with Crippen LogP contribution in [0.25, 0.3) is 0 Å². The lowest BCUT2D eigenvalue weighted by atomic mass is 10.0. The number of amides is 1. The summed E-state index contributed by atoms with van der Waals surface area (Å²) in [5.41, 5.74) is 2.59. The highest BCUT2D eigenvalue weighted by molar-refractivity contribution is 5.96. The highest BCUT2D eigenvalue weighted by Gasteiger charge is 2.21. The van der Waals surface area contributed by atoms with Crippen LogP contribution >= 0.6 is 0 Å². The van der Waals surface area contributed by atoms with Crippen LogP contribution in [0.4, 0.5) is 0 Å². The Morgan fingerprint density at radius 1 is 1.50 bits per heavy atom. The number of aliphatic hydroxyl groups excluding tert-OH is 1. The molecule has 0 radical (unpaired) electrons. The molecule has 1 aliphatic carbocycles. The Kier molecular flexibility index (Phi) is 5.15. The van der Waals surface area contributed by atoms with E-state index in [0.717, 1.165) is 36.3 Å². The molecule has 6 heteroatoms. The quantitative estimate of drug-likeness (QED) is 0.808. The molecule has 24 heavy (non-hydrogen) atoms. The van der Waals surface area contributed by atoms with Crippen LogP contribution in [0, 0.1) is 5.92 Å². The smallest absolute Gasteiger partial charge is 0.256 e. The predicted molar refractivity (Wildman–Crippen MR) is 88.1 cm³/mol. The van der Waals surface area contributed by atoms with Gasteiger partial charge in [-0.2, -0.15) is 0 Å². The number of carbonyl (C=O) groups excluding carboxylic acids is 1. The fraction of sp³-hybridized carbons (Fsp3) is 0.444. The van der Waals surface area contributed by atoms with Gasteiger partial charge in [-0.1, -0.05) is 0 Å². The molecule has 0 saturated carbocycles. The van der Waals surface area contributed by atoms with Crippen molar-refractivity contribution < 1.29 is 19.1 Å². The molecule has 2 heterocycles. The average molecular weight is 330 g/mol. The average Bonchev–Trinajstić information content (AvgIpc) is 3.27. The zero-order valence-corrected chi connectivity index (χ0v) is 13.7. The van der Waals surface area contributed by atoms with E-state index < -0.39 is 0 Å². The number of aromatic nitrogens is 1. The molecule has 0 aromatic carbocycles. The second-order valence-electron chi connectivity index (χ2n) is 6.05. The fourth-order valence-corrected chi connectivity index (χ4v) is 3.02. The molecule has 0 fully saturated rings. The number of methoxy groups -OCH3 is 1. The summed E-state index contributed by atoms with van der Waals surface area (Å²) in [4.78, 5) is 17.0. The van der Waals surface area contributed by atoms with Gasteiger partial charge in [-0.25, -0.2) is 4.98 Å². The zero-order valence-electron chi connectivity index (χ0n) is 13.7. The van der Waals surface area contributed by atoms with Crippen molar-refractivity contribution in [1.82, 2.24) is 10.3 Å². The molecule has 0 saturated heterocycles. The Morgan fingerprint density at radius 3 is 3.08 bits per heavy atom. The van der Waals surface area contributed by atoms with Gasteiger partial charge in [-0.3, -0.25) is 4.79 Å². The molecule has 1 atom stereocenters. The number of furan rings is 1. The summed E-state index contributed by atoms with van der Waals surface area (Å²) in [5.74, 6) is 0.820. The van der Waals surface area contributed by atoms with E-state index in [1.807, 2.05) is 18.2 Å². The van der Waals surface area contributed by atoms with Crippen LogP contribution in [-0.2, 0) is 19.3 Å². The van der Waals surface area contributed by atoms with Crippen LogP contribution in [-0.4, -0.2) is 36.3 Å². The van der Waals surface area contributed by atoms with Crippen LogP contribution in [0.3, 0.4) is 0 Å². The highest BCUT2D eigenvalue weighted by atomic mass is 16.5. The minimum atomic E-state index is -0.230. The minimum absolute atomic E-state index is 0.0272. The lowest BCUT2D eigenvalue weighted by molar-refractivity contribution is 0.0935. The first-order chi connectivity index (χ1) is 11.7. The van der Waals surface area contributed by atoms with Crippen LogP contribution in [0.2, 0.25) is 0 Å². The molecule has 0 spiro atoms. The first-order valence-corrected chi connectivity index (χ1v) is 8.19. The Balaban J connectivity index is 1.66. The number of carbonyl (C=O) groups is 1. The first-order valence-electron chi connectivity index (χ1n) is 8.19. The summed E-state index contributed by atoms with van der Waals surface area (Å²) in [6.45, 7) is 0.330. The Bertz CT molecular complexity index is 697. The lowest BCUT2D eigenvalue weighted by Crippen LogP contribution is -2.32. The van der Waals surface area contributed by atoms with Gasteiger partial charge >= 0.3 is 0 Å². The van der Waals surface area contributed by atoms with Crippen molar-refractivity contribution in [3.63, 3.8) is 0 Å². The Hall–Kier alpha value is -2.34. The van der Waals surface area contributed by atoms with E-state index >= 15 is 0 Å². The van der Waals surface area contributed by atoms with Gasteiger partial charge in [0.25, 0.3) is 5.91 Å². The standard InChI is InChI=1S/C18H22N2O4/c1-23-18-15(9-13-4-2-6-16(13)20-18)17(22)19-10-12(11-21)8-14-5-3-7-24-14/h3,5,7,9,12,21H,2,4,6,8,10-11H2,1H3,(H,19,22). The third-order valence-corrected chi connectivity index (χ3v) is 4.33. The van der Waals surface area contributed by atoms with E-state index in [1.165, 1.54) is 7.11 Å². The molecular weight excluding hydrogens is 308 g/mol. The van der Waals surface area contributed by atoms with Gasteiger partial charge in [0.2, 0.25) is 5.88 Å². The summed E-state index contributed by atoms with van der Waals surface area (Å²) >= 11 is 0. The summed E-state index contributed by atoms with van der Waals surface area (Å²) in [6, 6.07) is 5.55. The number of aliphatic hydroxyl groups is 1. The molecule has 1 unspecified atom stereocenters. The van der Waals surface area contributed by atoms with Gasteiger partial charge in [-0.15, -0.1) is 0 Å². The van der Waals surface area contributed by atoms with Crippen molar-refractivity contribution in [2.24, 2.45) is 5.92 Å². The third-order valence-electron chi connectivity index (χ3n) is 4.33. The van der Waals surface area contributed by atoms with Crippen molar-refractivity contribution in [2.45, 2.75) is 25.7 Å². The van der Waals surface area contributed by atoms with E-state index in [9.17, 15) is 9.90 Å². The van der Waals surface area contributed by atoms with E-state index in [1.54, 1.807) is 6.26 Å². The molecule has 2 aromatic rings. The predicted octanol–water partition coefficient (Wildman–Crippen LogP) is 1.75. The minimum Gasteiger partial charge on any atom is -0.480 e. The van der Waals surface area contributed by atoms with Crippen molar-refractivity contribution in [3.05, 3.63) is 47.0 Å². The molecule has 0 bridgehead atoms. The lowest BCUT2D eigenvalue weighted by Gasteiger charge is -2.15. The van der Waals surface area contributed by atoms with Gasteiger partial charge in [0.15, 0.2) is 0 Å². The van der Waals surface area contributed by atoms with Crippen molar-refractivity contribution in [2.75, 3.05) is 20.3 Å². The number of aryl methyl sites for hydroxylation is 2. The maximum Gasteiger partial charge on any atom is 0.256 e. The largest absolute Gasteiger partial charge is 0.480 e. The number of rotatable bonds is 7. The SMILES string of the molecule is COc1nc2c(cc1C(=O)NCC(CO)Cc1ccco1)CCC2. The molecule has 3 rings (SSSR count). The highest BCUT2D eigenvalue weighted by Crippen LogP contribution is 2.26. The van der Waals surface area contributed by atoms with Crippen LogP contribution in [0.5, 0.6) is 5.88 Å². The molecule has 1 amide bonds. The van der Waals surface area contributed by atoms with Crippen molar-refractivity contribution >= 4 is 5.91 Å². The number of pyridine rings is 1. The maximum absolute atomic E-state index is 12.5. The van der Waals surface area contributed by atoms with Gasteiger partial charge in [0.05, 0.1) is 13.4 Å². The Labute approximate surface area is 140 Å². The van der Waals surface area contributed by atoms with Crippen molar-refractivity contribution in [1.29, 1.82) is 0 Å². The molecule has 2 aromatic heterocycles. The number of ether oxygens (including phenoxy) is 1. The summed E-state index contributed by atoms with van der Waals surface area (Å²) in [6.07, 6.45) is 5.12. The second-order valence-corrected chi connectivity index (χ2v) is 6.05. The van der Waals surface area contributed by atoms with E-state index in [2.05, 4.69) is 10.3 Å². The summed E-state index contributed by atoms with van der Waals surface area (Å²) in [5, 5.41) is 12.4. The molecule has 1 aliphatic rings. The van der Waals surface area contributed by atoms with E-state index in [0.29, 0.717) is 24.4 Å². The monoisotopic (exact) mass is 330 g/mol. The van der Waals surface area contributed by atoms with Crippen LogP contribution in [0.15, 0.2) is 28.9 Å². The number of nitrogens with one attached hydrogen (secondary N) is 1. The van der Waals surface area contributed by atoms with Gasteiger partial charge < -0.3 is 19.6 Å². The van der Waals surface area contributed by atoms with Crippen LogP contribution in [0.1, 0.15) is 33.8 Å². The first kappa shape index (κ1) is 16.5. The Morgan fingerprint density at radius 2 is 2.38 bits per heavy atom. The number of hydrogen-bond acceptors (Lipinski definition) is 5. The van der Waals surface area contributed by atoms with Gasteiger partial charge in [-0.05, 0) is 43.0 Å². The fourth-order valence-electron chi connectivity index (χ4n) is 3.02. The molecular formula is C18H22N2O4. The van der Waals surface area contributed by atoms with E-state index in [-0.39, 0.29) is 18.4 Å². The molecule has 128 valence electrons. The summed E-state index contributed by atoms with van der Waals surface area (Å²) < 4.78 is 10.6. The second kappa shape index (κ2) is 7.49. The molecule has 6 nitrogen and oxygen atoms in total. The molecule has 2 N–H and O–H groups in total. The normalized spacial score (nSPS) is 14.2.